The molecule has 6 nitrogen and oxygen atoms in total. The average molecular weight is 293 g/mol. The van der Waals surface area contributed by atoms with Gasteiger partial charge in [0.1, 0.15) is 23.7 Å². The summed E-state index contributed by atoms with van der Waals surface area (Å²) in [7, 11) is 1.63. The molecule has 0 saturated carbocycles. The number of halogens is 2. The maximum absolute atomic E-state index is 12.2. The van der Waals surface area contributed by atoms with E-state index in [-0.39, 0.29) is 17.3 Å². The van der Waals surface area contributed by atoms with Crippen molar-refractivity contribution in [1.82, 2.24) is 9.97 Å². The molecule has 8 heteroatoms. The second-order valence-corrected chi connectivity index (χ2v) is 4.01. The lowest BCUT2D eigenvalue weighted by Crippen LogP contribution is -2.12. The van der Waals surface area contributed by atoms with Crippen molar-refractivity contribution in [2.24, 2.45) is 0 Å². The van der Waals surface area contributed by atoms with Gasteiger partial charge in [-0.15, -0.1) is 0 Å². The van der Waals surface area contributed by atoms with E-state index in [1.54, 1.807) is 13.1 Å². The molecule has 1 aromatic carbocycles. The van der Waals surface area contributed by atoms with Gasteiger partial charge in [-0.05, 0) is 12.1 Å². The molecule has 0 aliphatic heterocycles. The fourth-order valence-corrected chi connectivity index (χ4v) is 1.81. The van der Waals surface area contributed by atoms with E-state index in [1.165, 1.54) is 24.5 Å². The number of aromatic nitrogens is 2. The molecule has 0 aliphatic carbocycles. The van der Waals surface area contributed by atoms with E-state index in [0.717, 1.165) is 0 Å². The summed E-state index contributed by atoms with van der Waals surface area (Å²) in [6, 6.07) is 5.82. The molecule has 0 unspecified atom stereocenters. The van der Waals surface area contributed by atoms with Gasteiger partial charge >= 0.3 is 6.61 Å². The Kier molecular flexibility index (Phi) is 4.27. The van der Waals surface area contributed by atoms with Gasteiger partial charge in [0.2, 0.25) is 0 Å². The van der Waals surface area contributed by atoms with Crippen LogP contribution < -0.4 is 15.8 Å². The van der Waals surface area contributed by atoms with Crippen molar-refractivity contribution < 1.29 is 13.5 Å². The molecule has 1 heterocycles. The number of nitrogens with zero attached hydrogens (tertiary/aromatic N) is 2. The fraction of sp³-hybridized carbons (Fsp3) is 0.154. The van der Waals surface area contributed by atoms with Gasteiger partial charge < -0.3 is 15.8 Å². The van der Waals surface area contributed by atoms with Crippen molar-refractivity contribution in [3.63, 3.8) is 0 Å². The summed E-state index contributed by atoms with van der Waals surface area (Å²) in [4.78, 5) is 7.82. The Morgan fingerprint density at radius 2 is 2.14 bits per heavy atom. The molecule has 0 spiro atoms. The molecule has 1 aromatic heterocycles. The third-order valence-corrected chi connectivity index (χ3v) is 2.71. The summed E-state index contributed by atoms with van der Waals surface area (Å²) in [5.41, 5.74) is 6.45. The summed E-state index contributed by atoms with van der Waals surface area (Å²) < 4.78 is 28.8. The molecule has 2 aromatic rings. The Hall–Kier alpha value is -2.77. The first-order chi connectivity index (χ1) is 10.0. The van der Waals surface area contributed by atoms with Crippen molar-refractivity contribution in [2.45, 2.75) is 6.61 Å². The molecule has 0 bridgehead atoms. The lowest BCUT2D eigenvalue weighted by molar-refractivity contribution is -0.0498. The van der Waals surface area contributed by atoms with E-state index >= 15 is 0 Å². The third kappa shape index (κ3) is 3.22. The monoisotopic (exact) mass is 293 g/mol. The molecule has 0 saturated heterocycles. The van der Waals surface area contributed by atoms with Crippen molar-refractivity contribution in [2.75, 3.05) is 18.1 Å². The van der Waals surface area contributed by atoms with Crippen LogP contribution in [0.4, 0.5) is 20.4 Å². The number of nitrogen functional groups attached to an aromatic ring is 1. The van der Waals surface area contributed by atoms with E-state index in [1.807, 2.05) is 0 Å². The second-order valence-electron chi connectivity index (χ2n) is 4.01. The third-order valence-electron chi connectivity index (χ3n) is 2.71. The van der Waals surface area contributed by atoms with Gasteiger partial charge in [-0.3, -0.25) is 5.41 Å². The van der Waals surface area contributed by atoms with Crippen LogP contribution >= 0.6 is 0 Å². The van der Waals surface area contributed by atoms with Crippen LogP contribution in [0.3, 0.4) is 0 Å². The molecule has 0 radical (unpaired) electrons. The van der Waals surface area contributed by atoms with Crippen LogP contribution in [0.5, 0.6) is 5.75 Å². The van der Waals surface area contributed by atoms with Gasteiger partial charge in [0.05, 0.1) is 11.3 Å². The standard InChI is InChI=1S/C13H13F2N5O/c1-18-12-9(11(17)19-6-20-12)10(16)7-3-2-4-8(5-7)21-13(14)15/h2-6,13,16H,1H3,(H3,17,18,19,20). The summed E-state index contributed by atoms with van der Waals surface area (Å²) in [5, 5.41) is 11.0. The van der Waals surface area contributed by atoms with Gasteiger partial charge in [0.15, 0.2) is 0 Å². The number of anilines is 2. The highest BCUT2D eigenvalue weighted by Gasteiger charge is 2.16. The first-order valence-electron chi connectivity index (χ1n) is 5.95. The van der Waals surface area contributed by atoms with Crippen LogP contribution in [-0.2, 0) is 0 Å². The highest BCUT2D eigenvalue weighted by atomic mass is 19.3. The predicted octanol–water partition coefficient (Wildman–Crippen LogP) is 2.12. The normalized spacial score (nSPS) is 10.5. The van der Waals surface area contributed by atoms with Crippen molar-refractivity contribution in [1.29, 1.82) is 5.41 Å². The topological polar surface area (TPSA) is 96.9 Å². The molecule has 0 fully saturated rings. The Labute approximate surface area is 119 Å². The number of alkyl halides is 2. The molecule has 110 valence electrons. The van der Waals surface area contributed by atoms with E-state index in [0.29, 0.717) is 16.9 Å². The lowest BCUT2D eigenvalue weighted by Gasteiger charge is -2.12. The van der Waals surface area contributed by atoms with Gasteiger partial charge in [-0.25, -0.2) is 9.97 Å². The van der Waals surface area contributed by atoms with Crippen LogP contribution in [0.1, 0.15) is 11.1 Å². The Morgan fingerprint density at radius 1 is 1.38 bits per heavy atom. The molecule has 0 aliphatic rings. The molecular formula is C13H13F2N5O. The van der Waals surface area contributed by atoms with E-state index in [2.05, 4.69) is 20.0 Å². The average Bonchev–Trinajstić information content (AvgIpc) is 2.45. The SMILES string of the molecule is CNc1ncnc(N)c1C(=N)c1cccc(OC(F)F)c1. The molecule has 4 N–H and O–H groups in total. The highest BCUT2D eigenvalue weighted by molar-refractivity contribution is 6.16. The minimum Gasteiger partial charge on any atom is -0.435 e. The van der Waals surface area contributed by atoms with Crippen molar-refractivity contribution >= 4 is 17.3 Å². The smallest absolute Gasteiger partial charge is 0.387 e. The molecule has 0 atom stereocenters. The summed E-state index contributed by atoms with van der Waals surface area (Å²) in [5.74, 6) is 0.473. The summed E-state index contributed by atoms with van der Waals surface area (Å²) in [6.45, 7) is -2.92. The van der Waals surface area contributed by atoms with Gasteiger partial charge in [-0.1, -0.05) is 12.1 Å². The van der Waals surface area contributed by atoms with Crippen LogP contribution in [0.15, 0.2) is 30.6 Å². The molecular weight excluding hydrogens is 280 g/mol. The van der Waals surface area contributed by atoms with E-state index < -0.39 is 6.61 Å². The minimum atomic E-state index is -2.92. The number of nitrogens with two attached hydrogens (primary N) is 1. The fourth-order valence-electron chi connectivity index (χ4n) is 1.81. The second kappa shape index (κ2) is 6.12. The summed E-state index contributed by atoms with van der Waals surface area (Å²) in [6.07, 6.45) is 1.27. The van der Waals surface area contributed by atoms with Crippen molar-refractivity contribution in [3.05, 3.63) is 41.7 Å². The van der Waals surface area contributed by atoms with Gasteiger partial charge in [0, 0.05) is 12.6 Å². The molecule has 2 rings (SSSR count). The Balaban J connectivity index is 2.41. The van der Waals surface area contributed by atoms with E-state index in [4.69, 9.17) is 11.1 Å². The lowest BCUT2D eigenvalue weighted by atomic mass is 10.0. The number of hydrogen-bond donors (Lipinski definition) is 3. The van der Waals surface area contributed by atoms with Gasteiger partial charge in [0.25, 0.3) is 0 Å². The zero-order chi connectivity index (χ0) is 15.4. The number of rotatable bonds is 5. The van der Waals surface area contributed by atoms with Crippen LogP contribution in [0.25, 0.3) is 0 Å². The zero-order valence-corrected chi connectivity index (χ0v) is 11.1. The highest BCUT2D eigenvalue weighted by Crippen LogP contribution is 2.23. The Bertz CT molecular complexity index is 663. The molecule has 21 heavy (non-hydrogen) atoms. The Morgan fingerprint density at radius 3 is 2.81 bits per heavy atom. The first kappa shape index (κ1) is 14.6. The maximum atomic E-state index is 12.2. The number of hydrogen-bond acceptors (Lipinski definition) is 6. The van der Waals surface area contributed by atoms with Crippen LogP contribution in [0.2, 0.25) is 0 Å². The first-order valence-corrected chi connectivity index (χ1v) is 5.95. The largest absolute Gasteiger partial charge is 0.435 e. The maximum Gasteiger partial charge on any atom is 0.387 e. The van der Waals surface area contributed by atoms with E-state index in [9.17, 15) is 8.78 Å². The van der Waals surface area contributed by atoms with Crippen LogP contribution in [0, 0.1) is 5.41 Å². The zero-order valence-electron chi connectivity index (χ0n) is 11.1. The number of ether oxygens (including phenoxy) is 1. The van der Waals surface area contributed by atoms with Crippen molar-refractivity contribution in [3.8, 4) is 5.75 Å². The van der Waals surface area contributed by atoms with Crippen LogP contribution in [-0.4, -0.2) is 29.3 Å². The number of nitrogens with one attached hydrogen (secondary N) is 2. The summed E-state index contributed by atoms with van der Waals surface area (Å²) >= 11 is 0. The van der Waals surface area contributed by atoms with Gasteiger partial charge in [-0.2, -0.15) is 8.78 Å². The quantitative estimate of drug-likeness (QED) is 0.734. The predicted molar refractivity (Wildman–Crippen MR) is 75.0 cm³/mol. The minimum absolute atomic E-state index is 0.0113. The number of benzene rings is 1. The molecule has 0 amide bonds.